The molecule has 1 aromatic heterocycles. The van der Waals surface area contributed by atoms with Gasteiger partial charge in [0, 0.05) is 16.7 Å². The summed E-state index contributed by atoms with van der Waals surface area (Å²) in [6.07, 6.45) is 2.40. The van der Waals surface area contributed by atoms with Gasteiger partial charge in [0.1, 0.15) is 5.82 Å². The molecule has 1 fully saturated rings. The first-order valence-electron chi connectivity index (χ1n) is 6.95. The minimum atomic E-state index is -1.11. The summed E-state index contributed by atoms with van der Waals surface area (Å²) >= 11 is 1.96. The SMILES string of the molecule is CC1(CNc2nc(C(=O)O)nc3ccccc23)CCCS1. The van der Waals surface area contributed by atoms with Gasteiger partial charge in [0.25, 0.3) is 0 Å². The van der Waals surface area contributed by atoms with Gasteiger partial charge < -0.3 is 10.4 Å². The fraction of sp³-hybridized carbons (Fsp3) is 0.400. The third-order valence-corrected chi connectivity index (χ3v) is 5.26. The van der Waals surface area contributed by atoms with E-state index < -0.39 is 5.97 Å². The van der Waals surface area contributed by atoms with Crippen molar-refractivity contribution in [2.75, 3.05) is 17.6 Å². The number of para-hydroxylation sites is 1. The van der Waals surface area contributed by atoms with Crippen molar-refractivity contribution in [3.8, 4) is 0 Å². The summed E-state index contributed by atoms with van der Waals surface area (Å²) in [5.74, 6) is 0.515. The second kappa shape index (κ2) is 5.52. The molecule has 1 unspecified atom stereocenters. The molecule has 5 nitrogen and oxygen atoms in total. The van der Waals surface area contributed by atoms with Crippen LogP contribution in [0.3, 0.4) is 0 Å². The predicted octanol–water partition coefficient (Wildman–Crippen LogP) is 3.03. The number of anilines is 1. The molecule has 0 spiro atoms. The van der Waals surface area contributed by atoms with Crippen LogP contribution in [0.2, 0.25) is 0 Å². The zero-order chi connectivity index (χ0) is 14.9. The molecule has 0 bridgehead atoms. The summed E-state index contributed by atoms with van der Waals surface area (Å²) in [6, 6.07) is 7.47. The number of hydrogen-bond acceptors (Lipinski definition) is 5. The van der Waals surface area contributed by atoms with Crippen LogP contribution in [-0.4, -0.2) is 38.1 Å². The Kier molecular flexibility index (Phi) is 3.71. The maximum Gasteiger partial charge on any atom is 0.374 e. The molecule has 1 aliphatic heterocycles. The van der Waals surface area contributed by atoms with Gasteiger partial charge in [-0.1, -0.05) is 12.1 Å². The number of carbonyl (C=O) groups is 1. The van der Waals surface area contributed by atoms with Gasteiger partial charge in [0.2, 0.25) is 5.82 Å². The van der Waals surface area contributed by atoms with Crippen molar-refractivity contribution >= 4 is 34.5 Å². The zero-order valence-corrected chi connectivity index (χ0v) is 12.6. The standard InChI is InChI=1S/C15H17N3O2S/c1-15(7-4-8-21-15)9-16-12-10-5-2-3-6-11(10)17-13(18-12)14(19)20/h2-3,5-6H,4,7-9H2,1H3,(H,19,20)(H,16,17,18). The molecule has 1 saturated heterocycles. The lowest BCUT2D eigenvalue weighted by atomic mass is 10.1. The number of aromatic nitrogens is 2. The van der Waals surface area contributed by atoms with E-state index in [0.29, 0.717) is 11.3 Å². The van der Waals surface area contributed by atoms with Crippen LogP contribution in [-0.2, 0) is 0 Å². The highest BCUT2D eigenvalue weighted by molar-refractivity contribution is 8.00. The summed E-state index contributed by atoms with van der Waals surface area (Å²) in [7, 11) is 0. The van der Waals surface area contributed by atoms with Gasteiger partial charge in [-0.25, -0.2) is 14.8 Å². The molecule has 1 atom stereocenters. The highest BCUT2D eigenvalue weighted by Crippen LogP contribution is 2.37. The lowest BCUT2D eigenvalue weighted by molar-refractivity contribution is 0.0684. The van der Waals surface area contributed by atoms with E-state index in [-0.39, 0.29) is 10.6 Å². The largest absolute Gasteiger partial charge is 0.475 e. The normalized spacial score (nSPS) is 21.6. The predicted molar refractivity (Wildman–Crippen MR) is 85.1 cm³/mol. The first-order chi connectivity index (χ1) is 10.1. The number of carboxylic acids is 1. The van der Waals surface area contributed by atoms with Crippen molar-refractivity contribution in [2.45, 2.75) is 24.5 Å². The number of fused-ring (bicyclic) bond motifs is 1. The van der Waals surface area contributed by atoms with Crippen LogP contribution >= 0.6 is 11.8 Å². The van der Waals surface area contributed by atoms with Crippen molar-refractivity contribution in [3.05, 3.63) is 30.1 Å². The summed E-state index contributed by atoms with van der Waals surface area (Å²) in [6.45, 7) is 3.01. The molecule has 21 heavy (non-hydrogen) atoms. The van der Waals surface area contributed by atoms with Gasteiger partial charge in [-0.15, -0.1) is 0 Å². The molecule has 110 valence electrons. The second-order valence-electron chi connectivity index (χ2n) is 5.47. The number of rotatable bonds is 4. The first kappa shape index (κ1) is 14.1. The smallest absolute Gasteiger partial charge is 0.374 e. The number of thioether (sulfide) groups is 1. The Morgan fingerprint density at radius 1 is 1.43 bits per heavy atom. The van der Waals surface area contributed by atoms with Crippen LogP contribution < -0.4 is 5.32 Å². The third-order valence-electron chi connectivity index (χ3n) is 3.72. The number of hydrogen-bond donors (Lipinski definition) is 2. The van der Waals surface area contributed by atoms with Gasteiger partial charge >= 0.3 is 5.97 Å². The van der Waals surface area contributed by atoms with E-state index in [0.717, 1.165) is 11.9 Å². The van der Waals surface area contributed by atoms with Crippen molar-refractivity contribution < 1.29 is 9.90 Å². The Morgan fingerprint density at radius 3 is 2.95 bits per heavy atom. The Morgan fingerprint density at radius 2 is 2.24 bits per heavy atom. The Hall–Kier alpha value is -1.82. The highest BCUT2D eigenvalue weighted by atomic mass is 32.2. The van der Waals surface area contributed by atoms with Crippen LogP contribution in [0.15, 0.2) is 24.3 Å². The van der Waals surface area contributed by atoms with E-state index in [1.54, 1.807) is 6.07 Å². The number of nitrogens with one attached hydrogen (secondary N) is 1. The Labute approximate surface area is 127 Å². The lowest BCUT2D eigenvalue weighted by Crippen LogP contribution is -2.27. The summed E-state index contributed by atoms with van der Waals surface area (Å²) < 4.78 is 0.190. The van der Waals surface area contributed by atoms with Crippen molar-refractivity contribution in [2.24, 2.45) is 0 Å². The minimum Gasteiger partial charge on any atom is -0.475 e. The van der Waals surface area contributed by atoms with E-state index in [2.05, 4.69) is 22.2 Å². The van der Waals surface area contributed by atoms with E-state index >= 15 is 0 Å². The van der Waals surface area contributed by atoms with Crippen molar-refractivity contribution in [1.29, 1.82) is 0 Å². The first-order valence-corrected chi connectivity index (χ1v) is 7.94. The number of aromatic carboxylic acids is 1. The van der Waals surface area contributed by atoms with Crippen LogP contribution in [0.1, 0.15) is 30.4 Å². The highest BCUT2D eigenvalue weighted by Gasteiger charge is 2.29. The van der Waals surface area contributed by atoms with E-state index in [1.807, 2.05) is 30.0 Å². The fourth-order valence-electron chi connectivity index (χ4n) is 2.55. The molecule has 2 heterocycles. The Bertz CT molecular complexity index is 684. The number of benzene rings is 1. The molecule has 0 aliphatic carbocycles. The molecule has 0 radical (unpaired) electrons. The molecular formula is C15H17N3O2S. The maximum atomic E-state index is 11.2. The van der Waals surface area contributed by atoms with E-state index in [1.165, 1.54) is 18.6 Å². The van der Waals surface area contributed by atoms with Gasteiger partial charge in [0.05, 0.1) is 5.52 Å². The molecule has 2 N–H and O–H groups in total. The van der Waals surface area contributed by atoms with Crippen LogP contribution in [0.4, 0.5) is 5.82 Å². The average Bonchev–Trinajstić information content (AvgIpc) is 2.91. The van der Waals surface area contributed by atoms with Gasteiger partial charge in [-0.05, 0) is 37.7 Å². The summed E-state index contributed by atoms with van der Waals surface area (Å²) in [5, 5.41) is 13.3. The topological polar surface area (TPSA) is 75.1 Å². The van der Waals surface area contributed by atoms with Gasteiger partial charge in [-0.3, -0.25) is 0 Å². The number of carboxylic acid groups (broad SMARTS) is 1. The van der Waals surface area contributed by atoms with Crippen LogP contribution in [0.25, 0.3) is 10.9 Å². The van der Waals surface area contributed by atoms with Gasteiger partial charge in [0.15, 0.2) is 0 Å². The molecule has 0 saturated carbocycles. The molecule has 6 heteroatoms. The van der Waals surface area contributed by atoms with E-state index in [9.17, 15) is 4.79 Å². The van der Waals surface area contributed by atoms with Crippen molar-refractivity contribution in [3.63, 3.8) is 0 Å². The molecule has 3 rings (SSSR count). The van der Waals surface area contributed by atoms with E-state index in [4.69, 9.17) is 5.11 Å². The quantitative estimate of drug-likeness (QED) is 0.904. The fourth-order valence-corrected chi connectivity index (χ4v) is 3.80. The molecule has 1 aliphatic rings. The third kappa shape index (κ3) is 2.95. The monoisotopic (exact) mass is 303 g/mol. The average molecular weight is 303 g/mol. The van der Waals surface area contributed by atoms with Crippen LogP contribution in [0, 0.1) is 0 Å². The Balaban J connectivity index is 1.94. The molecule has 2 aromatic rings. The molecule has 0 amide bonds. The van der Waals surface area contributed by atoms with Crippen molar-refractivity contribution in [1.82, 2.24) is 9.97 Å². The lowest BCUT2D eigenvalue weighted by Gasteiger charge is -2.23. The number of nitrogens with zero attached hydrogens (tertiary/aromatic N) is 2. The summed E-state index contributed by atoms with van der Waals surface area (Å²) in [4.78, 5) is 19.4. The minimum absolute atomic E-state index is 0.166. The molecule has 1 aromatic carbocycles. The second-order valence-corrected chi connectivity index (χ2v) is 7.16. The van der Waals surface area contributed by atoms with Gasteiger partial charge in [-0.2, -0.15) is 11.8 Å². The molecular weight excluding hydrogens is 286 g/mol. The maximum absolute atomic E-state index is 11.2. The van der Waals surface area contributed by atoms with Crippen LogP contribution in [0.5, 0.6) is 0 Å². The zero-order valence-electron chi connectivity index (χ0n) is 11.8. The summed E-state index contributed by atoms with van der Waals surface area (Å²) in [5.41, 5.74) is 0.650.